The minimum absolute atomic E-state index is 0.0592. The predicted octanol–water partition coefficient (Wildman–Crippen LogP) is 1.94. The first-order valence-electron chi connectivity index (χ1n) is 7.09. The molecule has 1 aliphatic heterocycles. The molecule has 0 spiro atoms. The third-order valence-corrected chi connectivity index (χ3v) is 3.92. The second-order valence-electron chi connectivity index (χ2n) is 5.04. The van der Waals surface area contributed by atoms with Crippen LogP contribution >= 0.6 is 15.9 Å². The molecule has 8 heteroatoms. The van der Waals surface area contributed by atoms with Crippen LogP contribution in [-0.2, 0) is 0 Å². The van der Waals surface area contributed by atoms with Gasteiger partial charge in [0.15, 0.2) is 0 Å². The van der Waals surface area contributed by atoms with Crippen LogP contribution in [0.1, 0.15) is 16.8 Å². The second kappa shape index (κ2) is 6.91. The Kier molecular flexibility index (Phi) is 4.71. The second-order valence-corrected chi connectivity index (χ2v) is 5.96. The summed E-state index contributed by atoms with van der Waals surface area (Å²) in [6, 6.07) is 1.76. The summed E-state index contributed by atoms with van der Waals surface area (Å²) in [6.45, 7) is 1.11. The van der Waals surface area contributed by atoms with Crippen molar-refractivity contribution in [2.45, 2.75) is 12.5 Å². The van der Waals surface area contributed by atoms with E-state index in [-0.39, 0.29) is 12.0 Å². The van der Waals surface area contributed by atoms with E-state index in [9.17, 15) is 4.79 Å². The van der Waals surface area contributed by atoms with Gasteiger partial charge in [0.05, 0.1) is 19.2 Å². The van der Waals surface area contributed by atoms with Crippen molar-refractivity contribution < 1.29 is 14.3 Å². The van der Waals surface area contributed by atoms with Gasteiger partial charge < -0.3 is 14.4 Å². The SMILES string of the molecule is COc1nccnc1O[C@H]1CCN(C(=O)c2cncc(Br)c2)C1. The van der Waals surface area contributed by atoms with Gasteiger partial charge in [-0.25, -0.2) is 9.97 Å². The molecule has 1 aliphatic rings. The van der Waals surface area contributed by atoms with E-state index in [1.807, 2.05) is 0 Å². The maximum atomic E-state index is 12.5. The van der Waals surface area contributed by atoms with Crippen LogP contribution in [0.2, 0.25) is 0 Å². The summed E-state index contributed by atoms with van der Waals surface area (Å²) in [6.07, 6.45) is 6.89. The molecular formula is C15H15BrN4O3. The van der Waals surface area contributed by atoms with Gasteiger partial charge >= 0.3 is 0 Å². The molecule has 0 radical (unpaired) electrons. The summed E-state index contributed by atoms with van der Waals surface area (Å²) in [4.78, 5) is 26.4. The molecule has 3 heterocycles. The summed E-state index contributed by atoms with van der Waals surface area (Å²) in [7, 11) is 1.52. The summed E-state index contributed by atoms with van der Waals surface area (Å²) in [5.74, 6) is 0.628. The molecule has 23 heavy (non-hydrogen) atoms. The first-order valence-corrected chi connectivity index (χ1v) is 7.88. The number of likely N-dealkylation sites (tertiary alicyclic amines) is 1. The van der Waals surface area contributed by atoms with E-state index in [0.29, 0.717) is 30.4 Å². The number of pyridine rings is 1. The maximum Gasteiger partial charge on any atom is 0.278 e. The van der Waals surface area contributed by atoms with Crippen LogP contribution < -0.4 is 9.47 Å². The fourth-order valence-corrected chi connectivity index (χ4v) is 2.78. The molecule has 7 nitrogen and oxygen atoms in total. The normalized spacial score (nSPS) is 17.1. The van der Waals surface area contributed by atoms with Gasteiger partial charge in [-0.1, -0.05) is 0 Å². The third kappa shape index (κ3) is 3.58. The highest BCUT2D eigenvalue weighted by Crippen LogP contribution is 2.24. The molecule has 1 amide bonds. The first kappa shape index (κ1) is 15.7. The summed E-state index contributed by atoms with van der Waals surface area (Å²) < 4.78 is 11.7. The van der Waals surface area contributed by atoms with Gasteiger partial charge in [-0.3, -0.25) is 9.78 Å². The van der Waals surface area contributed by atoms with E-state index in [1.165, 1.54) is 13.3 Å². The van der Waals surface area contributed by atoms with Crippen molar-refractivity contribution in [2.75, 3.05) is 20.2 Å². The number of carbonyl (C=O) groups is 1. The number of hydrogen-bond acceptors (Lipinski definition) is 6. The Morgan fingerprint density at radius 2 is 2.09 bits per heavy atom. The molecule has 0 unspecified atom stereocenters. The highest BCUT2D eigenvalue weighted by molar-refractivity contribution is 9.10. The average Bonchev–Trinajstić information content (AvgIpc) is 3.03. The molecule has 0 aromatic carbocycles. The van der Waals surface area contributed by atoms with Gasteiger partial charge in [0.25, 0.3) is 17.7 Å². The van der Waals surface area contributed by atoms with E-state index in [2.05, 4.69) is 30.9 Å². The number of amides is 1. The van der Waals surface area contributed by atoms with Gasteiger partial charge in [-0.15, -0.1) is 0 Å². The van der Waals surface area contributed by atoms with Crippen LogP contribution in [0.4, 0.5) is 0 Å². The van der Waals surface area contributed by atoms with Gasteiger partial charge in [0.1, 0.15) is 6.10 Å². The smallest absolute Gasteiger partial charge is 0.278 e. The van der Waals surface area contributed by atoms with E-state index in [0.717, 1.165) is 10.9 Å². The standard InChI is InChI=1S/C15H15BrN4O3/c1-22-13-14(19-4-3-18-13)23-12-2-5-20(9-12)15(21)10-6-11(16)8-17-7-10/h3-4,6-8,12H,2,5,9H2,1H3/t12-/m0/s1. The Labute approximate surface area is 141 Å². The lowest BCUT2D eigenvalue weighted by Gasteiger charge is -2.17. The molecular weight excluding hydrogens is 364 g/mol. The molecule has 1 saturated heterocycles. The van der Waals surface area contributed by atoms with E-state index in [1.54, 1.807) is 29.6 Å². The number of methoxy groups -OCH3 is 1. The molecule has 0 aliphatic carbocycles. The Balaban J connectivity index is 1.65. The van der Waals surface area contributed by atoms with Crippen LogP contribution in [-0.4, -0.2) is 52.1 Å². The Hall–Kier alpha value is -2.22. The zero-order chi connectivity index (χ0) is 16.2. The van der Waals surface area contributed by atoms with E-state index in [4.69, 9.17) is 9.47 Å². The lowest BCUT2D eigenvalue weighted by molar-refractivity contribution is 0.0769. The highest BCUT2D eigenvalue weighted by Gasteiger charge is 2.29. The van der Waals surface area contributed by atoms with Gasteiger partial charge in [0, 0.05) is 42.2 Å². The van der Waals surface area contributed by atoms with Crippen molar-refractivity contribution in [3.8, 4) is 11.8 Å². The topological polar surface area (TPSA) is 77.4 Å². The van der Waals surface area contributed by atoms with Crippen molar-refractivity contribution in [1.29, 1.82) is 0 Å². The van der Waals surface area contributed by atoms with E-state index < -0.39 is 0 Å². The fraction of sp³-hybridized carbons (Fsp3) is 0.333. The number of ether oxygens (including phenoxy) is 2. The molecule has 0 bridgehead atoms. The molecule has 0 saturated carbocycles. The van der Waals surface area contributed by atoms with Crippen molar-refractivity contribution >= 4 is 21.8 Å². The van der Waals surface area contributed by atoms with Crippen LogP contribution in [0.25, 0.3) is 0 Å². The number of nitrogens with zero attached hydrogens (tertiary/aromatic N) is 4. The maximum absolute atomic E-state index is 12.5. The summed E-state index contributed by atoms with van der Waals surface area (Å²) in [5.41, 5.74) is 0.553. The average molecular weight is 379 g/mol. The predicted molar refractivity (Wildman–Crippen MR) is 85.5 cm³/mol. The lowest BCUT2D eigenvalue weighted by atomic mass is 10.2. The van der Waals surface area contributed by atoms with Crippen molar-refractivity contribution in [3.05, 3.63) is 40.9 Å². The number of rotatable bonds is 4. The number of carbonyl (C=O) groups excluding carboxylic acids is 1. The molecule has 2 aromatic rings. The monoisotopic (exact) mass is 378 g/mol. The van der Waals surface area contributed by atoms with Crippen LogP contribution in [0, 0.1) is 0 Å². The number of hydrogen-bond donors (Lipinski definition) is 0. The minimum Gasteiger partial charge on any atom is -0.477 e. The third-order valence-electron chi connectivity index (χ3n) is 3.49. The van der Waals surface area contributed by atoms with Gasteiger partial charge in [-0.05, 0) is 22.0 Å². The Morgan fingerprint density at radius 3 is 2.83 bits per heavy atom. The van der Waals surface area contributed by atoms with Crippen LogP contribution in [0.15, 0.2) is 35.3 Å². The van der Waals surface area contributed by atoms with Crippen LogP contribution in [0.5, 0.6) is 11.8 Å². The van der Waals surface area contributed by atoms with Crippen molar-refractivity contribution in [3.63, 3.8) is 0 Å². The highest BCUT2D eigenvalue weighted by atomic mass is 79.9. The quantitative estimate of drug-likeness (QED) is 0.808. The molecule has 2 aromatic heterocycles. The Bertz CT molecular complexity index is 713. The van der Waals surface area contributed by atoms with Gasteiger partial charge in [0.2, 0.25) is 0 Å². The van der Waals surface area contributed by atoms with E-state index >= 15 is 0 Å². The summed E-state index contributed by atoms with van der Waals surface area (Å²) >= 11 is 3.32. The number of aromatic nitrogens is 3. The largest absolute Gasteiger partial charge is 0.477 e. The number of halogens is 1. The van der Waals surface area contributed by atoms with Crippen molar-refractivity contribution in [2.24, 2.45) is 0 Å². The first-order chi connectivity index (χ1) is 11.2. The molecule has 1 atom stereocenters. The zero-order valence-electron chi connectivity index (χ0n) is 12.5. The van der Waals surface area contributed by atoms with Crippen molar-refractivity contribution in [1.82, 2.24) is 19.9 Å². The lowest BCUT2D eigenvalue weighted by Crippen LogP contribution is -2.31. The van der Waals surface area contributed by atoms with Crippen LogP contribution in [0.3, 0.4) is 0 Å². The minimum atomic E-state index is -0.135. The molecule has 3 rings (SSSR count). The summed E-state index contributed by atoms with van der Waals surface area (Å²) in [5, 5.41) is 0. The Morgan fingerprint density at radius 1 is 1.30 bits per heavy atom. The molecule has 120 valence electrons. The fourth-order valence-electron chi connectivity index (χ4n) is 2.41. The molecule has 0 N–H and O–H groups in total. The zero-order valence-corrected chi connectivity index (χ0v) is 14.1. The molecule has 1 fully saturated rings. The van der Waals surface area contributed by atoms with Gasteiger partial charge in [-0.2, -0.15) is 0 Å².